The fraction of sp³-hybridized carbons (Fsp3) is 0.353. The number of halogens is 2. The lowest BCUT2D eigenvalue weighted by Crippen LogP contribution is -2.48. The van der Waals surface area contributed by atoms with Gasteiger partial charge >= 0.3 is 0 Å². The van der Waals surface area contributed by atoms with Crippen LogP contribution in [0.25, 0.3) is 0 Å². The summed E-state index contributed by atoms with van der Waals surface area (Å²) in [5.41, 5.74) is 1.08. The maximum Gasteiger partial charge on any atom is 0.272 e. The van der Waals surface area contributed by atoms with E-state index in [9.17, 15) is 4.79 Å². The van der Waals surface area contributed by atoms with E-state index in [0.29, 0.717) is 40.5 Å². The number of nitrogens with zero attached hydrogens (tertiary/aromatic N) is 4. The predicted molar refractivity (Wildman–Crippen MR) is 99.8 cm³/mol. The number of rotatable bonds is 4. The quantitative estimate of drug-likeness (QED) is 0.882. The smallest absolute Gasteiger partial charge is 0.272 e. The van der Waals surface area contributed by atoms with Crippen molar-refractivity contribution in [2.24, 2.45) is 0 Å². The Bertz CT molecular complexity index is 762. The van der Waals surface area contributed by atoms with Gasteiger partial charge in [0.2, 0.25) is 5.95 Å². The summed E-state index contributed by atoms with van der Waals surface area (Å²) in [5.74, 6) is 0.270. The van der Waals surface area contributed by atoms with E-state index in [1.807, 2.05) is 4.90 Å². The summed E-state index contributed by atoms with van der Waals surface area (Å²) in [6.45, 7) is 6.35. The second-order valence-electron chi connectivity index (χ2n) is 5.75. The Morgan fingerprint density at radius 3 is 2.60 bits per heavy atom. The molecular formula is C17H19Cl2N5O. The first kappa shape index (κ1) is 17.9. The molecule has 1 aliphatic heterocycles. The van der Waals surface area contributed by atoms with Crippen molar-refractivity contribution in [1.29, 1.82) is 0 Å². The molecule has 1 aromatic heterocycles. The average Bonchev–Trinajstić information content (AvgIpc) is 2.64. The third-order valence-electron chi connectivity index (χ3n) is 4.16. The molecule has 2 heterocycles. The molecule has 1 saturated heterocycles. The summed E-state index contributed by atoms with van der Waals surface area (Å²) >= 11 is 11.9. The van der Waals surface area contributed by atoms with Crippen LogP contribution in [0.4, 0.5) is 11.6 Å². The van der Waals surface area contributed by atoms with Crippen LogP contribution in [0.5, 0.6) is 0 Å². The largest absolute Gasteiger partial charge is 0.335 e. The van der Waals surface area contributed by atoms with Crippen molar-refractivity contribution >= 4 is 40.7 Å². The van der Waals surface area contributed by atoms with Gasteiger partial charge in [-0.05, 0) is 30.8 Å². The molecule has 0 bridgehead atoms. The number of likely N-dealkylation sites (N-methyl/N-ethyl adjacent to an activating group) is 1. The van der Waals surface area contributed by atoms with Crippen LogP contribution in [-0.4, -0.2) is 58.4 Å². The molecule has 0 atom stereocenters. The van der Waals surface area contributed by atoms with E-state index in [0.717, 1.165) is 19.6 Å². The minimum atomic E-state index is -0.0738. The van der Waals surface area contributed by atoms with Crippen LogP contribution >= 0.6 is 23.2 Å². The molecule has 6 nitrogen and oxygen atoms in total. The van der Waals surface area contributed by atoms with Gasteiger partial charge in [0.05, 0.1) is 10.0 Å². The number of anilines is 2. The van der Waals surface area contributed by atoms with Gasteiger partial charge in [0.1, 0.15) is 5.69 Å². The summed E-state index contributed by atoms with van der Waals surface area (Å²) in [6, 6.07) is 6.78. The topological polar surface area (TPSA) is 61.4 Å². The summed E-state index contributed by atoms with van der Waals surface area (Å²) in [4.78, 5) is 25.3. The van der Waals surface area contributed by atoms with E-state index in [1.54, 1.807) is 30.5 Å². The van der Waals surface area contributed by atoms with Crippen LogP contribution < -0.4 is 5.32 Å². The number of benzene rings is 1. The lowest BCUT2D eigenvalue weighted by molar-refractivity contribution is 0.0637. The van der Waals surface area contributed by atoms with Crippen molar-refractivity contribution in [1.82, 2.24) is 19.8 Å². The molecule has 0 spiro atoms. The Labute approximate surface area is 156 Å². The van der Waals surface area contributed by atoms with Crippen LogP contribution in [0.1, 0.15) is 17.4 Å². The van der Waals surface area contributed by atoms with Crippen LogP contribution in [0.3, 0.4) is 0 Å². The summed E-state index contributed by atoms with van der Waals surface area (Å²) in [5, 5.41) is 3.96. The number of hydrogen-bond acceptors (Lipinski definition) is 5. The van der Waals surface area contributed by atoms with Crippen molar-refractivity contribution in [3.05, 3.63) is 46.2 Å². The first-order valence-electron chi connectivity index (χ1n) is 8.13. The number of hydrogen-bond donors (Lipinski definition) is 1. The van der Waals surface area contributed by atoms with E-state index in [1.165, 1.54) is 0 Å². The number of nitrogens with one attached hydrogen (secondary N) is 1. The maximum atomic E-state index is 12.6. The van der Waals surface area contributed by atoms with Gasteiger partial charge in [0.25, 0.3) is 5.91 Å². The van der Waals surface area contributed by atoms with Gasteiger partial charge in [-0.2, -0.15) is 0 Å². The zero-order valence-electron chi connectivity index (χ0n) is 13.9. The molecule has 0 aliphatic carbocycles. The fourth-order valence-electron chi connectivity index (χ4n) is 2.67. The second kappa shape index (κ2) is 7.99. The third-order valence-corrected chi connectivity index (χ3v) is 4.90. The highest BCUT2D eigenvalue weighted by Crippen LogP contribution is 2.26. The van der Waals surface area contributed by atoms with Crippen molar-refractivity contribution in [2.75, 3.05) is 38.0 Å². The minimum absolute atomic E-state index is 0.0738. The maximum absolute atomic E-state index is 12.6. The van der Waals surface area contributed by atoms with Crippen LogP contribution in [0, 0.1) is 0 Å². The number of aromatic nitrogens is 2. The number of piperazine rings is 1. The van der Waals surface area contributed by atoms with E-state index >= 15 is 0 Å². The molecule has 3 rings (SSSR count). The molecule has 0 saturated carbocycles. The summed E-state index contributed by atoms with van der Waals surface area (Å²) in [7, 11) is 0. The summed E-state index contributed by atoms with van der Waals surface area (Å²) in [6.07, 6.45) is 1.57. The zero-order valence-corrected chi connectivity index (χ0v) is 15.4. The molecule has 1 aromatic carbocycles. The van der Waals surface area contributed by atoms with Gasteiger partial charge in [-0.3, -0.25) is 4.79 Å². The molecule has 0 unspecified atom stereocenters. The Balaban J connectivity index is 1.70. The molecule has 8 heteroatoms. The molecule has 1 N–H and O–H groups in total. The average molecular weight is 380 g/mol. The van der Waals surface area contributed by atoms with Crippen LogP contribution in [0.15, 0.2) is 30.5 Å². The van der Waals surface area contributed by atoms with Gasteiger partial charge in [-0.1, -0.05) is 30.1 Å². The van der Waals surface area contributed by atoms with Crippen LogP contribution in [-0.2, 0) is 0 Å². The Kier molecular flexibility index (Phi) is 5.73. The van der Waals surface area contributed by atoms with Gasteiger partial charge in [-0.25, -0.2) is 9.97 Å². The molecule has 25 heavy (non-hydrogen) atoms. The molecule has 2 aromatic rings. The lowest BCUT2D eigenvalue weighted by atomic mass is 10.2. The fourth-order valence-corrected chi connectivity index (χ4v) is 2.97. The van der Waals surface area contributed by atoms with Gasteiger partial charge in [-0.15, -0.1) is 0 Å². The van der Waals surface area contributed by atoms with Crippen molar-refractivity contribution < 1.29 is 4.79 Å². The Morgan fingerprint density at radius 2 is 1.92 bits per heavy atom. The zero-order chi connectivity index (χ0) is 17.8. The van der Waals surface area contributed by atoms with Gasteiger partial charge in [0, 0.05) is 38.1 Å². The van der Waals surface area contributed by atoms with Crippen molar-refractivity contribution in [2.45, 2.75) is 6.92 Å². The first-order chi connectivity index (χ1) is 12.1. The standard InChI is InChI=1S/C17H19Cl2N5O/c1-2-23-7-9-24(10-8-23)16(25)15-5-6-20-17(22-15)21-12-3-4-13(18)14(19)11-12/h3-6,11H,2,7-10H2,1H3,(H,20,21,22). The normalized spacial score (nSPS) is 15.2. The highest BCUT2D eigenvalue weighted by Gasteiger charge is 2.22. The Morgan fingerprint density at radius 1 is 1.16 bits per heavy atom. The molecule has 1 fully saturated rings. The SMILES string of the molecule is CCN1CCN(C(=O)c2ccnc(Nc3ccc(Cl)c(Cl)c3)n2)CC1. The van der Waals surface area contributed by atoms with Crippen molar-refractivity contribution in [3.63, 3.8) is 0 Å². The number of carbonyl (C=O) groups is 1. The van der Waals surface area contributed by atoms with Crippen LogP contribution in [0.2, 0.25) is 10.0 Å². The number of carbonyl (C=O) groups excluding carboxylic acids is 1. The van der Waals surface area contributed by atoms with E-state index < -0.39 is 0 Å². The molecular weight excluding hydrogens is 361 g/mol. The molecule has 1 amide bonds. The molecule has 132 valence electrons. The third kappa shape index (κ3) is 4.39. The highest BCUT2D eigenvalue weighted by molar-refractivity contribution is 6.42. The predicted octanol–water partition coefficient (Wildman–Crippen LogP) is 3.30. The monoisotopic (exact) mass is 379 g/mol. The molecule has 0 radical (unpaired) electrons. The molecule has 1 aliphatic rings. The first-order valence-corrected chi connectivity index (χ1v) is 8.89. The summed E-state index contributed by atoms with van der Waals surface area (Å²) < 4.78 is 0. The second-order valence-corrected chi connectivity index (χ2v) is 6.56. The van der Waals surface area contributed by atoms with E-state index in [4.69, 9.17) is 23.2 Å². The van der Waals surface area contributed by atoms with E-state index in [-0.39, 0.29) is 5.91 Å². The van der Waals surface area contributed by atoms with Gasteiger partial charge in [0.15, 0.2) is 0 Å². The lowest BCUT2D eigenvalue weighted by Gasteiger charge is -2.33. The Hall–Kier alpha value is -1.89. The highest BCUT2D eigenvalue weighted by atomic mass is 35.5. The minimum Gasteiger partial charge on any atom is -0.335 e. The van der Waals surface area contributed by atoms with E-state index in [2.05, 4.69) is 27.1 Å². The van der Waals surface area contributed by atoms with Crippen molar-refractivity contribution in [3.8, 4) is 0 Å². The van der Waals surface area contributed by atoms with Gasteiger partial charge < -0.3 is 15.1 Å². The number of amides is 1.